The van der Waals surface area contributed by atoms with Crippen LogP contribution >= 0.6 is 0 Å². The number of rotatable bonds is 6. The molecule has 4 fully saturated rings. The van der Waals surface area contributed by atoms with Crippen LogP contribution in [0.3, 0.4) is 0 Å². The highest BCUT2D eigenvalue weighted by atomic mass is 16.3. The fourth-order valence-electron chi connectivity index (χ4n) is 7.88. The third-order valence-electron chi connectivity index (χ3n) is 9.86. The number of allylic oxidation sites excluding steroid dienone is 3. The van der Waals surface area contributed by atoms with Gasteiger partial charge in [0, 0.05) is 0 Å². The molecule has 0 unspecified atom stereocenters. The van der Waals surface area contributed by atoms with Gasteiger partial charge in [0.25, 0.3) is 0 Å². The van der Waals surface area contributed by atoms with Crippen LogP contribution in [0.4, 0.5) is 0 Å². The molecule has 0 saturated heterocycles. The summed E-state index contributed by atoms with van der Waals surface area (Å²) in [5.41, 5.74) is 3.33. The van der Waals surface area contributed by atoms with E-state index >= 15 is 0 Å². The molecule has 4 rings (SSSR count). The Morgan fingerprint density at radius 3 is 2.41 bits per heavy atom. The van der Waals surface area contributed by atoms with E-state index in [9.17, 15) is 15.3 Å². The first-order chi connectivity index (χ1) is 15.2. The Morgan fingerprint density at radius 1 is 1.03 bits per heavy atom. The third kappa shape index (κ3) is 4.95. The van der Waals surface area contributed by atoms with Crippen molar-refractivity contribution < 1.29 is 15.3 Å². The van der Waals surface area contributed by atoms with Crippen molar-refractivity contribution in [2.75, 3.05) is 0 Å². The molecule has 0 spiro atoms. The number of hydrogen-bond donors (Lipinski definition) is 3. The van der Waals surface area contributed by atoms with Crippen LogP contribution < -0.4 is 0 Å². The Kier molecular flexibility index (Phi) is 7.39. The van der Waals surface area contributed by atoms with Gasteiger partial charge in [-0.3, -0.25) is 0 Å². The van der Waals surface area contributed by atoms with Crippen molar-refractivity contribution in [1.29, 1.82) is 0 Å². The lowest BCUT2D eigenvalue weighted by Crippen LogP contribution is -2.36. The number of fused-ring (bicyclic) bond motifs is 1. The minimum absolute atomic E-state index is 0.358. The number of aliphatic hydroxyl groups excluding tert-OH is 2. The highest BCUT2D eigenvalue weighted by Gasteiger charge is 2.50. The summed E-state index contributed by atoms with van der Waals surface area (Å²) in [5.74, 6) is 2.18. The standard InChI is InChI=1S/C29H46O3/c1-20(8-6-17-29(32)15-4-5-16-29)24-12-13-25-23(9-7-14-28(24,25)3)11-10-22-18-26(30)21(2)27(31)19-22/h10-11,20,24-27,30-32H,2,4-9,12-19H2,1,3H3/b23-11-/t20-,24+,25-,26+,27+,28+/m0/s1. The number of aliphatic hydroxyl groups is 3. The van der Waals surface area contributed by atoms with E-state index in [0.29, 0.717) is 29.7 Å². The summed E-state index contributed by atoms with van der Waals surface area (Å²) in [5, 5.41) is 31.0. The summed E-state index contributed by atoms with van der Waals surface area (Å²) in [7, 11) is 0. The zero-order valence-corrected chi connectivity index (χ0v) is 20.5. The maximum absolute atomic E-state index is 10.7. The lowest BCUT2D eigenvalue weighted by atomic mass is 9.60. The van der Waals surface area contributed by atoms with E-state index < -0.39 is 12.2 Å². The van der Waals surface area contributed by atoms with Crippen LogP contribution in [-0.2, 0) is 0 Å². The fourth-order valence-corrected chi connectivity index (χ4v) is 7.88. The zero-order chi connectivity index (χ0) is 22.9. The molecule has 3 N–H and O–H groups in total. The molecule has 0 aromatic rings. The lowest BCUT2D eigenvalue weighted by Gasteiger charge is -2.44. The third-order valence-corrected chi connectivity index (χ3v) is 9.86. The first-order valence-corrected chi connectivity index (χ1v) is 13.4. The van der Waals surface area contributed by atoms with Gasteiger partial charge in [0.15, 0.2) is 0 Å². The van der Waals surface area contributed by atoms with E-state index in [1.54, 1.807) is 5.57 Å². The van der Waals surface area contributed by atoms with Crippen LogP contribution in [0.5, 0.6) is 0 Å². The average molecular weight is 443 g/mol. The Bertz CT molecular complexity index is 728. The van der Waals surface area contributed by atoms with Crippen LogP contribution in [0.1, 0.15) is 104 Å². The molecule has 0 radical (unpaired) electrons. The second-order valence-electron chi connectivity index (χ2n) is 12.0. The summed E-state index contributed by atoms with van der Waals surface area (Å²) in [4.78, 5) is 0. The Morgan fingerprint density at radius 2 is 1.72 bits per heavy atom. The van der Waals surface area contributed by atoms with Crippen LogP contribution in [0.2, 0.25) is 0 Å². The molecule has 6 atom stereocenters. The molecule has 4 aliphatic carbocycles. The van der Waals surface area contributed by atoms with Gasteiger partial charge in [-0.1, -0.05) is 69.4 Å². The van der Waals surface area contributed by atoms with Gasteiger partial charge in [0.2, 0.25) is 0 Å². The van der Waals surface area contributed by atoms with Gasteiger partial charge in [0.05, 0.1) is 17.8 Å². The van der Waals surface area contributed by atoms with Crippen LogP contribution in [-0.4, -0.2) is 33.1 Å². The molecule has 4 aliphatic rings. The first-order valence-electron chi connectivity index (χ1n) is 13.4. The fraction of sp³-hybridized carbons (Fsp3) is 0.793. The van der Waals surface area contributed by atoms with Crippen molar-refractivity contribution in [2.24, 2.45) is 23.2 Å². The van der Waals surface area contributed by atoms with Gasteiger partial charge in [-0.2, -0.15) is 0 Å². The van der Waals surface area contributed by atoms with Crippen molar-refractivity contribution in [3.05, 3.63) is 35.5 Å². The molecule has 0 amide bonds. The van der Waals surface area contributed by atoms with Gasteiger partial charge in [-0.05, 0) is 93.0 Å². The minimum atomic E-state index is -0.612. The Labute approximate surface area is 195 Å². The molecule has 180 valence electrons. The van der Waals surface area contributed by atoms with Gasteiger partial charge < -0.3 is 15.3 Å². The Hall–Kier alpha value is -0.900. The second kappa shape index (κ2) is 9.76. The van der Waals surface area contributed by atoms with Crippen molar-refractivity contribution in [3.8, 4) is 0 Å². The quantitative estimate of drug-likeness (QED) is 0.427. The topological polar surface area (TPSA) is 60.7 Å². The normalized spacial score (nSPS) is 39.3. The molecule has 0 aromatic heterocycles. The summed E-state index contributed by atoms with van der Waals surface area (Å²) in [6.45, 7) is 8.85. The smallest absolute Gasteiger partial charge is 0.0809 e. The highest BCUT2D eigenvalue weighted by molar-refractivity contribution is 5.29. The van der Waals surface area contributed by atoms with E-state index in [1.165, 1.54) is 57.8 Å². The predicted octanol–water partition coefficient (Wildman–Crippen LogP) is 6.24. The molecular formula is C29H46O3. The van der Waals surface area contributed by atoms with E-state index in [0.717, 1.165) is 36.7 Å². The molecular weight excluding hydrogens is 396 g/mol. The molecule has 0 aliphatic heterocycles. The molecule has 3 nitrogen and oxygen atoms in total. The summed E-state index contributed by atoms with van der Waals surface area (Å²) in [6, 6.07) is 0. The summed E-state index contributed by atoms with van der Waals surface area (Å²) < 4.78 is 0. The van der Waals surface area contributed by atoms with Gasteiger partial charge in [0.1, 0.15) is 0 Å². The van der Waals surface area contributed by atoms with E-state index in [1.807, 2.05) is 0 Å². The maximum atomic E-state index is 10.7. The largest absolute Gasteiger partial charge is 0.390 e. The molecule has 3 heteroatoms. The molecule has 32 heavy (non-hydrogen) atoms. The summed E-state index contributed by atoms with van der Waals surface area (Å²) in [6.07, 6.45) is 18.8. The highest BCUT2D eigenvalue weighted by Crippen LogP contribution is 2.60. The minimum Gasteiger partial charge on any atom is -0.390 e. The Balaban J connectivity index is 1.38. The van der Waals surface area contributed by atoms with Crippen LogP contribution in [0.15, 0.2) is 35.5 Å². The molecule has 0 aromatic carbocycles. The van der Waals surface area contributed by atoms with Crippen molar-refractivity contribution in [2.45, 2.75) is 122 Å². The number of hydrogen-bond acceptors (Lipinski definition) is 3. The first kappa shape index (κ1) is 24.2. The second-order valence-corrected chi connectivity index (χ2v) is 12.0. The van der Waals surface area contributed by atoms with Gasteiger partial charge in [-0.15, -0.1) is 0 Å². The van der Waals surface area contributed by atoms with Gasteiger partial charge in [-0.25, -0.2) is 0 Å². The molecule has 0 bridgehead atoms. The monoisotopic (exact) mass is 442 g/mol. The lowest BCUT2D eigenvalue weighted by molar-refractivity contribution is 0.0318. The SMILES string of the molecule is C=C1[C@H](O)CC(=C/C=C2/CCC[C@]3(C)[C@@H]([C@@H](C)CCCC4(O)CCCC4)CC[C@@H]23)C[C@H]1O. The maximum Gasteiger partial charge on any atom is 0.0809 e. The predicted molar refractivity (Wildman–Crippen MR) is 131 cm³/mol. The van der Waals surface area contributed by atoms with E-state index in [4.69, 9.17) is 0 Å². The zero-order valence-electron chi connectivity index (χ0n) is 20.5. The van der Waals surface area contributed by atoms with Crippen molar-refractivity contribution in [3.63, 3.8) is 0 Å². The van der Waals surface area contributed by atoms with Crippen molar-refractivity contribution >= 4 is 0 Å². The molecule has 4 saturated carbocycles. The molecule has 0 heterocycles. The van der Waals surface area contributed by atoms with Crippen LogP contribution in [0.25, 0.3) is 0 Å². The van der Waals surface area contributed by atoms with E-state index in [-0.39, 0.29) is 5.60 Å². The van der Waals surface area contributed by atoms with Crippen molar-refractivity contribution in [1.82, 2.24) is 0 Å². The van der Waals surface area contributed by atoms with Gasteiger partial charge >= 0.3 is 0 Å². The summed E-state index contributed by atoms with van der Waals surface area (Å²) >= 11 is 0. The average Bonchev–Trinajstić information content (AvgIpc) is 3.33. The van der Waals surface area contributed by atoms with Crippen LogP contribution in [0, 0.1) is 23.2 Å². The van der Waals surface area contributed by atoms with E-state index in [2.05, 4.69) is 32.6 Å².